The van der Waals surface area contributed by atoms with Gasteiger partial charge in [-0.15, -0.1) is 0 Å². The molecular weight excluding hydrogens is 336 g/mol. The van der Waals surface area contributed by atoms with Gasteiger partial charge >= 0.3 is 6.16 Å². The number of carbonyl (C=O) groups excluding carboxylic acids is 1. The molecule has 23 heavy (non-hydrogen) atoms. The third-order valence-electron chi connectivity index (χ3n) is 3.22. The number of methoxy groups -OCH3 is 1. The molecule has 0 bridgehead atoms. The zero-order chi connectivity index (χ0) is 16.8. The molecule has 0 fully saturated rings. The first-order valence-electron chi connectivity index (χ1n) is 6.91. The summed E-state index contributed by atoms with van der Waals surface area (Å²) in [6.45, 7) is 2.15. The molecular formula is C17H17ClO4S. The lowest BCUT2D eigenvalue weighted by Gasteiger charge is -2.15. The van der Waals surface area contributed by atoms with Crippen LogP contribution in [-0.4, -0.2) is 13.3 Å². The zero-order valence-electron chi connectivity index (χ0n) is 12.8. The maximum absolute atomic E-state index is 11.4. The lowest BCUT2D eigenvalue weighted by molar-refractivity contribution is 0.120. The highest BCUT2D eigenvalue weighted by molar-refractivity contribution is 7.79. The van der Waals surface area contributed by atoms with Crippen LogP contribution in [0, 0.1) is 6.92 Å². The first-order valence-corrected chi connectivity index (χ1v) is 7.92. The molecule has 0 amide bonds. The predicted octanol–water partition coefficient (Wildman–Crippen LogP) is 4.80. The summed E-state index contributed by atoms with van der Waals surface area (Å²) in [5, 5.41) is 0.531. The number of halogens is 1. The maximum atomic E-state index is 11.4. The summed E-state index contributed by atoms with van der Waals surface area (Å²) in [6, 6.07) is 10.9. The van der Waals surface area contributed by atoms with Gasteiger partial charge in [-0.2, -0.15) is 12.6 Å². The molecule has 0 aliphatic rings. The summed E-state index contributed by atoms with van der Waals surface area (Å²) < 4.78 is 15.5. The predicted molar refractivity (Wildman–Crippen MR) is 92.7 cm³/mol. The Labute approximate surface area is 145 Å². The van der Waals surface area contributed by atoms with Crippen molar-refractivity contribution in [1.82, 2.24) is 0 Å². The second kappa shape index (κ2) is 8.13. The van der Waals surface area contributed by atoms with Crippen molar-refractivity contribution >= 4 is 30.4 Å². The van der Waals surface area contributed by atoms with E-state index in [1.165, 1.54) is 7.11 Å². The average Bonchev–Trinajstić information content (AvgIpc) is 2.54. The van der Waals surface area contributed by atoms with Crippen molar-refractivity contribution in [2.75, 3.05) is 7.11 Å². The highest BCUT2D eigenvalue weighted by Crippen LogP contribution is 2.29. The van der Waals surface area contributed by atoms with E-state index in [1.54, 1.807) is 12.1 Å². The monoisotopic (exact) mass is 352 g/mol. The summed E-state index contributed by atoms with van der Waals surface area (Å²) in [5.74, 6) is 1.43. The summed E-state index contributed by atoms with van der Waals surface area (Å²) in [5.41, 5.74) is 2.68. The van der Waals surface area contributed by atoms with Gasteiger partial charge in [-0.25, -0.2) is 4.79 Å². The van der Waals surface area contributed by atoms with Crippen molar-refractivity contribution < 1.29 is 19.0 Å². The van der Waals surface area contributed by atoms with Crippen LogP contribution in [0.1, 0.15) is 16.7 Å². The Morgan fingerprint density at radius 3 is 2.65 bits per heavy atom. The van der Waals surface area contributed by atoms with Crippen LogP contribution in [0.3, 0.4) is 0 Å². The van der Waals surface area contributed by atoms with Crippen molar-refractivity contribution in [3.63, 3.8) is 0 Å². The van der Waals surface area contributed by atoms with E-state index in [4.69, 9.17) is 21.1 Å². The van der Waals surface area contributed by atoms with E-state index in [0.717, 1.165) is 16.7 Å². The van der Waals surface area contributed by atoms with Gasteiger partial charge in [-0.1, -0.05) is 29.8 Å². The van der Waals surface area contributed by atoms with E-state index in [9.17, 15) is 4.79 Å². The van der Waals surface area contributed by atoms with E-state index in [0.29, 0.717) is 22.3 Å². The van der Waals surface area contributed by atoms with Gasteiger partial charge in [-0.05, 0) is 36.2 Å². The van der Waals surface area contributed by atoms with Crippen LogP contribution < -0.4 is 9.47 Å². The summed E-state index contributed by atoms with van der Waals surface area (Å²) in [4.78, 5) is 11.4. The molecule has 0 spiro atoms. The van der Waals surface area contributed by atoms with Crippen LogP contribution >= 0.6 is 24.2 Å². The minimum Gasteiger partial charge on any atom is -0.487 e. The SMILES string of the molecule is COC(=O)Oc1cccc(CS)c1COc1ccc(C)cc1Cl. The fraction of sp³-hybridized carbons (Fsp3) is 0.235. The number of hydrogen-bond acceptors (Lipinski definition) is 5. The molecule has 2 aromatic carbocycles. The van der Waals surface area contributed by atoms with Crippen LogP contribution in [0.2, 0.25) is 5.02 Å². The van der Waals surface area contributed by atoms with Gasteiger partial charge in [0.15, 0.2) is 0 Å². The van der Waals surface area contributed by atoms with Crippen molar-refractivity contribution in [2.24, 2.45) is 0 Å². The molecule has 0 atom stereocenters. The number of ether oxygens (including phenoxy) is 3. The van der Waals surface area contributed by atoms with E-state index < -0.39 is 6.16 Å². The molecule has 0 heterocycles. The molecule has 6 heteroatoms. The molecule has 0 aliphatic carbocycles. The normalized spacial score (nSPS) is 10.3. The van der Waals surface area contributed by atoms with Crippen LogP contribution in [0.25, 0.3) is 0 Å². The Morgan fingerprint density at radius 2 is 2.00 bits per heavy atom. The second-order valence-corrected chi connectivity index (χ2v) is 5.55. The quantitative estimate of drug-likeness (QED) is 0.477. The standard InChI is InChI=1S/C17H17ClO4S/c1-11-6-7-16(14(18)8-11)21-9-13-12(10-23)4-3-5-15(13)22-17(19)20-2/h3-8,23H,9-10H2,1-2H3. The number of benzene rings is 2. The topological polar surface area (TPSA) is 44.8 Å². The fourth-order valence-corrected chi connectivity index (χ4v) is 2.61. The summed E-state index contributed by atoms with van der Waals surface area (Å²) >= 11 is 10.5. The molecule has 0 saturated heterocycles. The zero-order valence-corrected chi connectivity index (χ0v) is 14.5. The number of rotatable bonds is 5. The Balaban J connectivity index is 2.24. The number of hydrogen-bond donors (Lipinski definition) is 1. The van der Waals surface area contributed by atoms with Gasteiger partial charge in [0.1, 0.15) is 18.1 Å². The van der Waals surface area contributed by atoms with Gasteiger partial charge < -0.3 is 14.2 Å². The average molecular weight is 353 g/mol. The maximum Gasteiger partial charge on any atom is 0.513 e. The minimum atomic E-state index is -0.782. The van der Waals surface area contributed by atoms with Crippen molar-refractivity contribution in [2.45, 2.75) is 19.3 Å². The second-order valence-electron chi connectivity index (χ2n) is 4.83. The molecule has 0 aromatic heterocycles. The van der Waals surface area contributed by atoms with E-state index in [1.807, 2.05) is 31.2 Å². The Kier molecular flexibility index (Phi) is 6.19. The van der Waals surface area contributed by atoms with Crippen LogP contribution in [0.5, 0.6) is 11.5 Å². The van der Waals surface area contributed by atoms with Crippen molar-refractivity contribution in [3.05, 3.63) is 58.1 Å². The first kappa shape index (κ1) is 17.5. The number of carbonyl (C=O) groups is 1. The van der Waals surface area contributed by atoms with Gasteiger partial charge in [0.25, 0.3) is 0 Å². The Bertz CT molecular complexity index is 703. The van der Waals surface area contributed by atoms with Gasteiger partial charge in [0, 0.05) is 11.3 Å². The third kappa shape index (κ3) is 4.56. The molecule has 2 aromatic rings. The van der Waals surface area contributed by atoms with Crippen molar-refractivity contribution in [1.29, 1.82) is 0 Å². The van der Waals surface area contributed by atoms with Gasteiger partial charge in [-0.3, -0.25) is 0 Å². The number of thiol groups is 1. The largest absolute Gasteiger partial charge is 0.513 e. The summed E-state index contributed by atoms with van der Waals surface area (Å²) in [6.07, 6.45) is -0.782. The minimum absolute atomic E-state index is 0.200. The highest BCUT2D eigenvalue weighted by atomic mass is 35.5. The van der Waals surface area contributed by atoms with Crippen LogP contribution in [0.4, 0.5) is 4.79 Å². The molecule has 0 N–H and O–H groups in total. The molecule has 122 valence electrons. The van der Waals surface area contributed by atoms with E-state index in [-0.39, 0.29) is 6.61 Å². The van der Waals surface area contributed by atoms with Gasteiger partial charge in [0.2, 0.25) is 0 Å². The van der Waals surface area contributed by atoms with Gasteiger partial charge in [0.05, 0.1) is 12.1 Å². The molecule has 0 saturated carbocycles. The molecule has 0 aliphatic heterocycles. The fourth-order valence-electron chi connectivity index (χ4n) is 2.02. The van der Waals surface area contributed by atoms with E-state index in [2.05, 4.69) is 17.4 Å². The smallest absolute Gasteiger partial charge is 0.487 e. The molecule has 4 nitrogen and oxygen atoms in total. The Hall–Kier alpha value is -1.85. The molecule has 2 rings (SSSR count). The lowest BCUT2D eigenvalue weighted by atomic mass is 10.1. The highest BCUT2D eigenvalue weighted by Gasteiger charge is 2.14. The molecule has 0 radical (unpaired) electrons. The van der Waals surface area contributed by atoms with E-state index >= 15 is 0 Å². The number of aryl methyl sites for hydroxylation is 1. The summed E-state index contributed by atoms with van der Waals surface area (Å²) in [7, 11) is 1.26. The lowest BCUT2D eigenvalue weighted by Crippen LogP contribution is -2.11. The molecule has 0 unspecified atom stereocenters. The Morgan fingerprint density at radius 1 is 1.22 bits per heavy atom. The third-order valence-corrected chi connectivity index (χ3v) is 3.86. The first-order chi connectivity index (χ1) is 11.0. The van der Waals surface area contributed by atoms with Crippen molar-refractivity contribution in [3.8, 4) is 11.5 Å². The van der Waals surface area contributed by atoms with Crippen LogP contribution in [-0.2, 0) is 17.1 Å². The van der Waals surface area contributed by atoms with Crippen LogP contribution in [0.15, 0.2) is 36.4 Å².